The highest BCUT2D eigenvalue weighted by Gasteiger charge is 2.22. The molecule has 0 bridgehead atoms. The molecule has 2 atom stereocenters. The van der Waals surface area contributed by atoms with Gasteiger partial charge in [-0.3, -0.25) is 9.59 Å². The average Bonchev–Trinajstić information content (AvgIpc) is 2.63. The van der Waals surface area contributed by atoms with Gasteiger partial charge >= 0.3 is 5.97 Å². The smallest absolute Gasteiger partial charge is 0.312 e. The van der Waals surface area contributed by atoms with Crippen LogP contribution in [0.3, 0.4) is 0 Å². The minimum absolute atomic E-state index is 0.0112. The number of carboxylic acid groups (broad SMARTS) is 1. The molecule has 0 saturated carbocycles. The number of hydrogen-bond donors (Lipinski definition) is 2. The maximum atomic E-state index is 12.2. The third kappa shape index (κ3) is 5.53. The Kier molecular flexibility index (Phi) is 6.89. The summed E-state index contributed by atoms with van der Waals surface area (Å²) in [7, 11) is 0. The Morgan fingerprint density at radius 3 is 2.32 bits per heavy atom. The maximum absolute atomic E-state index is 12.2. The fourth-order valence-corrected chi connectivity index (χ4v) is 2.70. The Hall–Kier alpha value is -2.47. The van der Waals surface area contributed by atoms with Crippen LogP contribution in [0.1, 0.15) is 18.4 Å². The lowest BCUT2D eigenvalue weighted by Crippen LogP contribution is -2.39. The molecule has 2 N–H and O–H groups in total. The van der Waals surface area contributed by atoms with Gasteiger partial charge in [0.25, 0.3) is 5.91 Å². The molecule has 2 unspecified atom stereocenters. The molecule has 0 aliphatic heterocycles. The number of carbonyl (C=O) groups is 2. The number of ether oxygens (including phenoxy) is 1. The van der Waals surface area contributed by atoms with Crippen LogP contribution >= 0.6 is 11.8 Å². The standard InChI is InChI=1S/C19H21NO4S/c1-13(24-15-8-10-16(25-2)11-9-15)18(21)20-12-17(19(22)23)14-6-4-3-5-7-14/h3-11,13,17H,12H2,1-2H3,(H,20,21)(H,22,23). The molecule has 0 aliphatic rings. The molecule has 0 spiro atoms. The second kappa shape index (κ2) is 9.13. The monoisotopic (exact) mass is 359 g/mol. The number of thioether (sulfide) groups is 1. The first-order valence-electron chi connectivity index (χ1n) is 7.87. The molecule has 0 heterocycles. The van der Waals surface area contributed by atoms with Crippen LogP contribution in [0.2, 0.25) is 0 Å². The van der Waals surface area contributed by atoms with E-state index in [2.05, 4.69) is 5.32 Å². The van der Waals surface area contributed by atoms with Gasteiger partial charge in [-0.25, -0.2) is 0 Å². The van der Waals surface area contributed by atoms with Gasteiger partial charge in [-0.15, -0.1) is 11.8 Å². The SMILES string of the molecule is CSc1ccc(OC(C)C(=O)NCC(C(=O)O)c2ccccc2)cc1. The number of benzene rings is 2. The third-order valence-corrected chi connectivity index (χ3v) is 4.47. The zero-order chi connectivity index (χ0) is 18.2. The summed E-state index contributed by atoms with van der Waals surface area (Å²) in [6.07, 6.45) is 1.27. The number of carbonyl (C=O) groups excluding carboxylic acids is 1. The first-order chi connectivity index (χ1) is 12.0. The van der Waals surface area contributed by atoms with Crippen LogP contribution in [0.25, 0.3) is 0 Å². The van der Waals surface area contributed by atoms with Crippen molar-refractivity contribution in [2.75, 3.05) is 12.8 Å². The third-order valence-electron chi connectivity index (χ3n) is 3.72. The molecule has 5 nitrogen and oxygen atoms in total. The summed E-state index contributed by atoms with van der Waals surface area (Å²) in [4.78, 5) is 24.8. The lowest BCUT2D eigenvalue weighted by molar-refractivity contribution is -0.138. The lowest BCUT2D eigenvalue weighted by atomic mass is 9.99. The molecular weight excluding hydrogens is 338 g/mol. The van der Waals surface area contributed by atoms with Gasteiger partial charge < -0.3 is 15.2 Å². The van der Waals surface area contributed by atoms with Gasteiger partial charge in [0.2, 0.25) is 0 Å². The predicted octanol–water partition coefficient (Wildman–Crippen LogP) is 3.16. The zero-order valence-electron chi connectivity index (χ0n) is 14.1. The second-order valence-electron chi connectivity index (χ2n) is 5.48. The average molecular weight is 359 g/mol. The molecule has 0 fully saturated rings. The van der Waals surface area contributed by atoms with Crippen molar-refractivity contribution < 1.29 is 19.4 Å². The van der Waals surface area contributed by atoms with Crippen molar-refractivity contribution in [3.05, 3.63) is 60.2 Å². The van der Waals surface area contributed by atoms with Crippen molar-refractivity contribution in [3.63, 3.8) is 0 Å². The zero-order valence-corrected chi connectivity index (χ0v) is 15.0. The van der Waals surface area contributed by atoms with Crippen molar-refractivity contribution >= 4 is 23.6 Å². The topological polar surface area (TPSA) is 75.6 Å². The van der Waals surface area contributed by atoms with E-state index in [1.807, 2.05) is 24.5 Å². The van der Waals surface area contributed by atoms with E-state index in [1.165, 1.54) is 0 Å². The minimum atomic E-state index is -0.979. The highest BCUT2D eigenvalue weighted by Crippen LogP contribution is 2.20. The van der Waals surface area contributed by atoms with Crippen LogP contribution in [0.4, 0.5) is 0 Å². The summed E-state index contributed by atoms with van der Waals surface area (Å²) in [5.74, 6) is -1.53. The summed E-state index contributed by atoms with van der Waals surface area (Å²) in [6, 6.07) is 16.3. The summed E-state index contributed by atoms with van der Waals surface area (Å²) in [6.45, 7) is 1.65. The van der Waals surface area contributed by atoms with E-state index in [0.29, 0.717) is 11.3 Å². The number of carboxylic acids is 1. The molecule has 2 aromatic carbocycles. The molecule has 6 heteroatoms. The molecule has 0 aliphatic carbocycles. The van der Waals surface area contributed by atoms with Crippen molar-refractivity contribution in [1.82, 2.24) is 5.32 Å². The molecule has 0 radical (unpaired) electrons. The number of hydrogen-bond acceptors (Lipinski definition) is 4. The number of nitrogens with one attached hydrogen (secondary N) is 1. The van der Waals surface area contributed by atoms with E-state index in [-0.39, 0.29) is 12.5 Å². The first-order valence-corrected chi connectivity index (χ1v) is 9.10. The Morgan fingerprint density at radius 1 is 1.12 bits per heavy atom. The Labute approximate surface area is 151 Å². The minimum Gasteiger partial charge on any atom is -0.481 e. The van der Waals surface area contributed by atoms with Gasteiger partial charge in [0, 0.05) is 11.4 Å². The van der Waals surface area contributed by atoms with Crippen LogP contribution in [0, 0.1) is 0 Å². The molecule has 1 amide bonds. The summed E-state index contributed by atoms with van der Waals surface area (Å²) in [5, 5.41) is 12.0. The fraction of sp³-hybridized carbons (Fsp3) is 0.263. The Bertz CT molecular complexity index is 703. The highest BCUT2D eigenvalue weighted by molar-refractivity contribution is 7.98. The van der Waals surface area contributed by atoms with E-state index in [1.54, 1.807) is 55.1 Å². The van der Waals surface area contributed by atoms with Gasteiger partial charge in [-0.2, -0.15) is 0 Å². The Balaban J connectivity index is 1.92. The van der Waals surface area contributed by atoms with E-state index in [0.717, 1.165) is 4.90 Å². The number of rotatable bonds is 8. The predicted molar refractivity (Wildman–Crippen MR) is 98.1 cm³/mol. The molecule has 2 aromatic rings. The lowest BCUT2D eigenvalue weighted by Gasteiger charge is -2.17. The van der Waals surface area contributed by atoms with Crippen LogP contribution in [-0.4, -0.2) is 35.9 Å². The van der Waals surface area contributed by atoms with Crippen molar-refractivity contribution in [2.45, 2.75) is 23.8 Å². The number of aliphatic carboxylic acids is 1. The van der Waals surface area contributed by atoms with Crippen molar-refractivity contribution in [1.29, 1.82) is 0 Å². The summed E-state index contributed by atoms with van der Waals surface area (Å²) in [5.41, 5.74) is 0.650. The Morgan fingerprint density at radius 2 is 1.76 bits per heavy atom. The van der Waals surface area contributed by atoms with E-state index in [4.69, 9.17) is 4.74 Å². The summed E-state index contributed by atoms with van der Waals surface area (Å²) < 4.78 is 5.61. The van der Waals surface area contributed by atoms with E-state index >= 15 is 0 Å². The molecular formula is C19H21NO4S. The van der Waals surface area contributed by atoms with Gasteiger partial charge in [-0.1, -0.05) is 30.3 Å². The van der Waals surface area contributed by atoms with E-state index in [9.17, 15) is 14.7 Å². The van der Waals surface area contributed by atoms with Crippen LogP contribution in [0.15, 0.2) is 59.5 Å². The van der Waals surface area contributed by atoms with Gasteiger partial charge in [0.15, 0.2) is 6.10 Å². The van der Waals surface area contributed by atoms with Gasteiger partial charge in [0.1, 0.15) is 5.75 Å². The normalized spacial score (nSPS) is 12.9. The molecule has 132 valence electrons. The molecule has 0 saturated heterocycles. The molecule has 0 aromatic heterocycles. The van der Waals surface area contributed by atoms with Gasteiger partial charge in [0.05, 0.1) is 5.92 Å². The highest BCUT2D eigenvalue weighted by atomic mass is 32.2. The van der Waals surface area contributed by atoms with Crippen LogP contribution in [-0.2, 0) is 9.59 Å². The summed E-state index contributed by atoms with van der Waals surface area (Å²) >= 11 is 1.62. The first kappa shape index (κ1) is 18.9. The van der Waals surface area contributed by atoms with Crippen LogP contribution < -0.4 is 10.1 Å². The molecule has 2 rings (SSSR count). The largest absolute Gasteiger partial charge is 0.481 e. The van der Waals surface area contributed by atoms with Crippen LogP contribution in [0.5, 0.6) is 5.75 Å². The van der Waals surface area contributed by atoms with Crippen molar-refractivity contribution in [3.8, 4) is 5.75 Å². The quantitative estimate of drug-likeness (QED) is 0.708. The number of amides is 1. The van der Waals surface area contributed by atoms with Crippen molar-refractivity contribution in [2.24, 2.45) is 0 Å². The molecule has 25 heavy (non-hydrogen) atoms. The maximum Gasteiger partial charge on any atom is 0.312 e. The van der Waals surface area contributed by atoms with Gasteiger partial charge in [-0.05, 0) is 43.0 Å². The van der Waals surface area contributed by atoms with E-state index < -0.39 is 18.0 Å². The second-order valence-corrected chi connectivity index (χ2v) is 6.36. The fourth-order valence-electron chi connectivity index (χ4n) is 2.29.